The van der Waals surface area contributed by atoms with E-state index < -0.39 is 0 Å². The molecule has 3 aliphatic heterocycles. The number of ether oxygens (including phenoxy) is 1. The zero-order valence-electron chi connectivity index (χ0n) is 15.6. The van der Waals surface area contributed by atoms with Crippen LogP contribution in [0.4, 0.5) is 0 Å². The lowest BCUT2D eigenvalue weighted by molar-refractivity contribution is -0.134. The Balaban J connectivity index is 1.29. The molecule has 1 amide bonds. The van der Waals surface area contributed by atoms with Crippen LogP contribution in [-0.2, 0) is 4.79 Å². The molecule has 3 aliphatic rings. The summed E-state index contributed by atoms with van der Waals surface area (Å²) >= 11 is 0. The van der Waals surface area contributed by atoms with Crippen LogP contribution in [0.5, 0.6) is 5.75 Å². The molecule has 1 fully saturated rings. The third-order valence-electron chi connectivity index (χ3n) is 5.14. The Labute approximate surface area is 159 Å². The van der Waals surface area contributed by atoms with Crippen molar-refractivity contribution in [3.63, 3.8) is 0 Å². The Hall–Kier alpha value is -2.83. The van der Waals surface area contributed by atoms with Crippen molar-refractivity contribution in [3.8, 4) is 5.75 Å². The number of hydrogen-bond donors (Lipinski definition) is 0. The lowest BCUT2D eigenvalue weighted by Gasteiger charge is -2.36. The van der Waals surface area contributed by atoms with Crippen LogP contribution in [0.1, 0.15) is 13.3 Å². The summed E-state index contributed by atoms with van der Waals surface area (Å²) in [6.45, 7) is 6.05. The summed E-state index contributed by atoms with van der Waals surface area (Å²) < 4.78 is 5.57. The summed E-state index contributed by atoms with van der Waals surface area (Å²) in [6.07, 6.45) is 4.99. The van der Waals surface area contributed by atoms with E-state index in [1.54, 1.807) is 0 Å². The molecule has 0 bridgehead atoms. The largest absolute Gasteiger partial charge is 0.484 e. The van der Waals surface area contributed by atoms with E-state index in [0.29, 0.717) is 19.1 Å². The molecule has 1 saturated heterocycles. The number of amides is 1. The van der Waals surface area contributed by atoms with Gasteiger partial charge >= 0.3 is 0 Å². The van der Waals surface area contributed by atoms with Gasteiger partial charge in [0.1, 0.15) is 17.4 Å². The van der Waals surface area contributed by atoms with Gasteiger partial charge in [-0.25, -0.2) is 4.99 Å². The van der Waals surface area contributed by atoms with Gasteiger partial charge < -0.3 is 19.4 Å². The lowest BCUT2D eigenvalue weighted by atomic mass is 10.2. The van der Waals surface area contributed by atoms with Crippen LogP contribution in [0.2, 0.25) is 0 Å². The molecular weight excluding hydrogens is 342 g/mol. The smallest absolute Gasteiger partial charge is 0.260 e. The number of carbonyl (C=O) groups excluding carboxylic acids is 1. The molecule has 1 aromatic carbocycles. The second-order valence-electron chi connectivity index (χ2n) is 6.92. The number of amidine groups is 1. The van der Waals surface area contributed by atoms with Crippen molar-refractivity contribution < 1.29 is 9.53 Å². The minimum atomic E-state index is 0.0248. The Bertz CT molecular complexity index is 766. The Morgan fingerprint density at radius 3 is 2.70 bits per heavy atom. The summed E-state index contributed by atoms with van der Waals surface area (Å²) in [5.74, 6) is 2.69. The van der Waals surface area contributed by atoms with Gasteiger partial charge in [-0.2, -0.15) is 0 Å². The number of aliphatic imine (C=N–C) groups is 2. The highest BCUT2D eigenvalue weighted by molar-refractivity contribution is 6.03. The van der Waals surface area contributed by atoms with Crippen LogP contribution >= 0.6 is 0 Å². The molecule has 0 aliphatic carbocycles. The van der Waals surface area contributed by atoms with Crippen LogP contribution in [-0.4, -0.2) is 78.2 Å². The van der Waals surface area contributed by atoms with E-state index in [2.05, 4.69) is 27.8 Å². The van der Waals surface area contributed by atoms with Crippen LogP contribution in [0.25, 0.3) is 0 Å². The van der Waals surface area contributed by atoms with Gasteiger partial charge in [-0.1, -0.05) is 25.1 Å². The maximum Gasteiger partial charge on any atom is 0.260 e. The standard InChI is InChI=1S/C20H25N5O2/c1-2-16-13-25-15-21-18(12-19(25)22-16)23-8-10-24(11-9-23)20(26)14-27-17-6-4-3-5-7-17/h3-7,12,15-16H,2,8-11,13-14H2,1H3/t16-/m1/s1. The molecule has 7 heteroatoms. The van der Waals surface area contributed by atoms with Crippen molar-refractivity contribution in [1.82, 2.24) is 14.7 Å². The Morgan fingerprint density at radius 2 is 1.96 bits per heavy atom. The van der Waals surface area contributed by atoms with E-state index >= 15 is 0 Å². The maximum atomic E-state index is 12.4. The highest BCUT2D eigenvalue weighted by atomic mass is 16.5. The van der Waals surface area contributed by atoms with Crippen molar-refractivity contribution in [1.29, 1.82) is 0 Å². The fourth-order valence-electron chi connectivity index (χ4n) is 3.46. The molecule has 1 aromatic rings. The number of piperazine rings is 1. The highest BCUT2D eigenvalue weighted by Gasteiger charge is 2.27. The van der Waals surface area contributed by atoms with Gasteiger partial charge in [0.25, 0.3) is 5.91 Å². The lowest BCUT2D eigenvalue weighted by Crippen LogP contribution is -2.49. The minimum Gasteiger partial charge on any atom is -0.484 e. The maximum absolute atomic E-state index is 12.4. The molecular formula is C20H25N5O2. The average Bonchev–Trinajstić information content (AvgIpc) is 3.15. The van der Waals surface area contributed by atoms with E-state index in [1.807, 2.05) is 41.6 Å². The number of nitrogens with zero attached hydrogens (tertiary/aromatic N) is 5. The molecule has 0 N–H and O–H groups in total. The van der Waals surface area contributed by atoms with Crippen molar-refractivity contribution in [3.05, 3.63) is 42.2 Å². The second kappa shape index (κ2) is 7.82. The molecule has 27 heavy (non-hydrogen) atoms. The summed E-state index contributed by atoms with van der Waals surface area (Å²) in [4.78, 5) is 27.9. The molecule has 1 atom stereocenters. The van der Waals surface area contributed by atoms with Gasteiger partial charge in [-0.3, -0.25) is 9.79 Å². The third-order valence-corrected chi connectivity index (χ3v) is 5.14. The predicted molar refractivity (Wildman–Crippen MR) is 105 cm³/mol. The summed E-state index contributed by atoms with van der Waals surface area (Å²) in [7, 11) is 0. The molecule has 0 aromatic heterocycles. The van der Waals surface area contributed by atoms with Crippen LogP contribution in [0.15, 0.2) is 52.2 Å². The predicted octanol–water partition coefficient (Wildman–Crippen LogP) is 1.59. The number of carbonyl (C=O) groups is 1. The molecule has 0 spiro atoms. The highest BCUT2D eigenvalue weighted by Crippen LogP contribution is 2.20. The van der Waals surface area contributed by atoms with Crippen LogP contribution in [0.3, 0.4) is 0 Å². The topological polar surface area (TPSA) is 60.7 Å². The number of fused-ring (bicyclic) bond motifs is 1. The summed E-state index contributed by atoms with van der Waals surface area (Å²) in [5, 5.41) is 0. The van der Waals surface area contributed by atoms with Gasteiger partial charge in [-0.05, 0) is 18.6 Å². The molecule has 142 valence electrons. The molecule has 0 unspecified atom stereocenters. The first-order chi connectivity index (χ1) is 13.2. The zero-order valence-corrected chi connectivity index (χ0v) is 15.6. The molecule has 3 heterocycles. The second-order valence-corrected chi connectivity index (χ2v) is 6.92. The van der Waals surface area contributed by atoms with Crippen molar-refractivity contribution in [2.45, 2.75) is 19.4 Å². The normalized spacial score (nSPS) is 21.7. The minimum absolute atomic E-state index is 0.0248. The number of para-hydroxylation sites is 1. The van der Waals surface area contributed by atoms with Gasteiger partial charge in [0.2, 0.25) is 0 Å². The fourth-order valence-corrected chi connectivity index (χ4v) is 3.46. The first kappa shape index (κ1) is 17.6. The molecule has 0 saturated carbocycles. The SMILES string of the molecule is CC[C@@H]1CN2C=NC(N3CCN(C(=O)COc4ccccc4)CC3)=CC2=N1. The first-order valence-electron chi connectivity index (χ1n) is 9.54. The monoisotopic (exact) mass is 367 g/mol. The average molecular weight is 367 g/mol. The molecule has 7 nitrogen and oxygen atoms in total. The van der Waals surface area contributed by atoms with E-state index in [9.17, 15) is 4.79 Å². The number of rotatable bonds is 5. The van der Waals surface area contributed by atoms with Crippen molar-refractivity contribution >= 4 is 18.1 Å². The molecule has 4 rings (SSSR count). The van der Waals surface area contributed by atoms with Crippen molar-refractivity contribution in [2.75, 3.05) is 39.3 Å². The first-order valence-corrected chi connectivity index (χ1v) is 9.54. The third kappa shape index (κ3) is 3.97. The van der Waals surface area contributed by atoms with Crippen LogP contribution < -0.4 is 4.74 Å². The summed E-state index contributed by atoms with van der Waals surface area (Å²) in [5.41, 5.74) is 0. The van der Waals surface area contributed by atoms with Gasteiger partial charge in [-0.15, -0.1) is 0 Å². The zero-order chi connectivity index (χ0) is 18.6. The van der Waals surface area contributed by atoms with Gasteiger partial charge in [0, 0.05) is 38.8 Å². The number of hydrogen-bond acceptors (Lipinski definition) is 6. The van der Waals surface area contributed by atoms with Gasteiger partial charge in [0.15, 0.2) is 6.61 Å². The Kier molecular flexibility index (Phi) is 5.09. The van der Waals surface area contributed by atoms with Crippen LogP contribution in [0, 0.1) is 0 Å². The van der Waals surface area contributed by atoms with Crippen molar-refractivity contribution in [2.24, 2.45) is 9.98 Å². The quantitative estimate of drug-likeness (QED) is 0.793. The summed E-state index contributed by atoms with van der Waals surface area (Å²) in [6, 6.07) is 9.80. The van der Waals surface area contributed by atoms with Gasteiger partial charge in [0.05, 0.1) is 12.4 Å². The van der Waals surface area contributed by atoms with E-state index in [1.165, 1.54) is 0 Å². The Morgan fingerprint density at radius 1 is 1.19 bits per heavy atom. The number of benzene rings is 1. The fraction of sp³-hybridized carbons (Fsp3) is 0.450. The van der Waals surface area contributed by atoms with E-state index in [4.69, 9.17) is 9.73 Å². The molecule has 0 radical (unpaired) electrons. The van der Waals surface area contributed by atoms with E-state index in [-0.39, 0.29) is 12.5 Å². The van der Waals surface area contributed by atoms with E-state index in [0.717, 1.165) is 43.5 Å².